The number of amides is 2. The van der Waals surface area contributed by atoms with Crippen molar-refractivity contribution in [2.75, 3.05) is 19.7 Å². The van der Waals surface area contributed by atoms with E-state index in [2.05, 4.69) is 10.2 Å². The molecule has 166 valence electrons. The topological polar surface area (TPSA) is 84.7 Å². The zero-order chi connectivity index (χ0) is 21.5. The maximum absolute atomic E-state index is 13.4. The molecule has 1 aliphatic heterocycles. The molecule has 6 nitrogen and oxygen atoms in total. The lowest BCUT2D eigenvalue weighted by Crippen LogP contribution is -2.74. The van der Waals surface area contributed by atoms with Crippen molar-refractivity contribution >= 4 is 23.4 Å². The fraction of sp³-hybridized carbons (Fsp3) is 0.652. The summed E-state index contributed by atoms with van der Waals surface area (Å²) in [7, 11) is 0. The highest BCUT2D eigenvalue weighted by Crippen LogP contribution is 2.84. The minimum Gasteiger partial charge on any atom is -0.369 e. The van der Waals surface area contributed by atoms with Gasteiger partial charge in [0, 0.05) is 25.7 Å². The van der Waals surface area contributed by atoms with Crippen molar-refractivity contribution in [3.05, 3.63) is 34.6 Å². The molecule has 3 N–H and O–H groups in total. The molecule has 7 atom stereocenters. The molecule has 5 aliphatic rings. The molecule has 6 rings (SSSR count). The van der Waals surface area contributed by atoms with Gasteiger partial charge in [-0.3, -0.25) is 14.5 Å². The lowest BCUT2D eigenvalue weighted by Gasteiger charge is -2.70. The Morgan fingerprint density at radius 3 is 2.94 bits per heavy atom. The first-order chi connectivity index (χ1) is 14.8. The molecule has 1 spiro atoms. The molecule has 0 aromatic heterocycles. The van der Waals surface area contributed by atoms with Crippen molar-refractivity contribution in [3.63, 3.8) is 0 Å². The SMILES string of the molecule is NC(=O)C12CC3CC4[C@H](NC(=O)C5CN(Cc6ccc(F)c(Cl)c6)CCO5)C(C1)C34C2. The summed E-state index contributed by atoms with van der Waals surface area (Å²) in [5.74, 6) is 0.821. The molecule has 1 aromatic carbocycles. The van der Waals surface area contributed by atoms with Crippen LogP contribution in [0.2, 0.25) is 5.02 Å². The number of nitrogens with one attached hydrogen (secondary N) is 1. The lowest BCUT2D eigenvalue weighted by atomic mass is 9.36. The van der Waals surface area contributed by atoms with E-state index in [4.69, 9.17) is 22.1 Å². The summed E-state index contributed by atoms with van der Waals surface area (Å²) in [4.78, 5) is 27.3. The van der Waals surface area contributed by atoms with E-state index < -0.39 is 11.9 Å². The van der Waals surface area contributed by atoms with E-state index in [-0.39, 0.29) is 33.7 Å². The number of benzene rings is 1. The smallest absolute Gasteiger partial charge is 0.250 e. The van der Waals surface area contributed by atoms with E-state index in [9.17, 15) is 14.0 Å². The van der Waals surface area contributed by atoms with E-state index >= 15 is 0 Å². The number of halogens is 2. The van der Waals surface area contributed by atoms with Crippen LogP contribution >= 0.6 is 11.6 Å². The highest BCUT2D eigenvalue weighted by atomic mass is 35.5. The fourth-order valence-corrected chi connectivity index (χ4v) is 8.00. The van der Waals surface area contributed by atoms with E-state index in [0.717, 1.165) is 31.2 Å². The highest BCUT2D eigenvalue weighted by molar-refractivity contribution is 6.30. The Labute approximate surface area is 185 Å². The van der Waals surface area contributed by atoms with E-state index in [1.165, 1.54) is 6.07 Å². The van der Waals surface area contributed by atoms with Gasteiger partial charge in [-0.25, -0.2) is 4.39 Å². The van der Waals surface area contributed by atoms with E-state index in [0.29, 0.717) is 44.0 Å². The van der Waals surface area contributed by atoms with Gasteiger partial charge in [0.1, 0.15) is 11.9 Å². The van der Waals surface area contributed by atoms with Crippen molar-refractivity contribution in [1.82, 2.24) is 10.2 Å². The number of ether oxygens (including phenoxy) is 1. The number of rotatable bonds is 5. The Balaban J connectivity index is 1.09. The second-order valence-electron chi connectivity index (χ2n) is 10.4. The molecule has 5 fully saturated rings. The normalized spacial score (nSPS) is 42.5. The minimum absolute atomic E-state index is 0.0685. The quantitative estimate of drug-likeness (QED) is 0.723. The van der Waals surface area contributed by atoms with Crippen LogP contribution in [-0.2, 0) is 20.9 Å². The third kappa shape index (κ3) is 2.69. The molecule has 2 amide bonds. The average Bonchev–Trinajstić information content (AvgIpc) is 3.23. The summed E-state index contributed by atoms with van der Waals surface area (Å²) in [5.41, 5.74) is 6.61. The predicted octanol–water partition coefficient (Wildman–Crippen LogP) is 2.09. The van der Waals surface area contributed by atoms with Crippen molar-refractivity contribution in [3.8, 4) is 0 Å². The standard InChI is InChI=1S/C23H27ClFN3O3/c24-16-5-12(1-2-17(16)25)9-28-3-4-31-18(10-28)20(29)27-19-14-6-13-7-22(21(26)30)8-15(19)23(13,14)11-22/h1-2,5,13-15,18-19H,3-4,6-11H2,(H2,26,30)(H,27,29)/t13?,14?,15?,18?,19-,22?,23?/m0/s1. The van der Waals surface area contributed by atoms with Crippen LogP contribution in [0.4, 0.5) is 4.39 Å². The summed E-state index contributed by atoms with van der Waals surface area (Å²) >= 11 is 5.90. The van der Waals surface area contributed by atoms with Gasteiger partial charge in [-0.1, -0.05) is 17.7 Å². The van der Waals surface area contributed by atoms with Gasteiger partial charge >= 0.3 is 0 Å². The highest BCUT2D eigenvalue weighted by Gasteiger charge is 2.82. The van der Waals surface area contributed by atoms with Crippen molar-refractivity contribution in [2.24, 2.45) is 34.3 Å². The fourth-order valence-electron chi connectivity index (χ4n) is 7.79. The number of hydrogen-bond acceptors (Lipinski definition) is 4. The first kappa shape index (κ1) is 19.9. The third-order valence-corrected chi connectivity index (χ3v) is 9.39. The molecule has 4 aliphatic carbocycles. The number of nitrogens with zero attached hydrogens (tertiary/aromatic N) is 1. The van der Waals surface area contributed by atoms with Crippen LogP contribution in [0, 0.1) is 34.4 Å². The van der Waals surface area contributed by atoms with Crippen LogP contribution in [-0.4, -0.2) is 48.6 Å². The predicted molar refractivity (Wildman–Crippen MR) is 111 cm³/mol. The van der Waals surface area contributed by atoms with Crippen LogP contribution in [0.15, 0.2) is 18.2 Å². The molecule has 1 aromatic rings. The molecule has 6 unspecified atom stereocenters. The van der Waals surface area contributed by atoms with Gasteiger partial charge in [-0.2, -0.15) is 0 Å². The monoisotopic (exact) mass is 447 g/mol. The van der Waals surface area contributed by atoms with Crippen molar-refractivity contribution in [2.45, 2.75) is 44.4 Å². The molecular formula is C23H27ClFN3O3. The van der Waals surface area contributed by atoms with Crippen LogP contribution < -0.4 is 11.1 Å². The summed E-state index contributed by atoms with van der Waals surface area (Å²) < 4.78 is 19.2. The lowest BCUT2D eigenvalue weighted by molar-refractivity contribution is -0.207. The molecule has 31 heavy (non-hydrogen) atoms. The van der Waals surface area contributed by atoms with Gasteiger partial charge in [0.15, 0.2) is 0 Å². The van der Waals surface area contributed by atoms with Crippen molar-refractivity contribution < 1.29 is 18.7 Å². The van der Waals surface area contributed by atoms with E-state index in [1.807, 2.05) is 0 Å². The minimum atomic E-state index is -0.527. The van der Waals surface area contributed by atoms with Crippen LogP contribution in [0.1, 0.15) is 31.2 Å². The van der Waals surface area contributed by atoms with Crippen LogP contribution in [0.3, 0.4) is 0 Å². The summed E-state index contributed by atoms with van der Waals surface area (Å²) in [6.45, 7) is 2.26. The Bertz CT molecular complexity index is 975. The van der Waals surface area contributed by atoms with Crippen LogP contribution in [0.25, 0.3) is 0 Å². The maximum atomic E-state index is 13.4. The zero-order valence-electron chi connectivity index (χ0n) is 17.3. The van der Waals surface area contributed by atoms with Gasteiger partial charge in [-0.15, -0.1) is 0 Å². The van der Waals surface area contributed by atoms with Gasteiger partial charge in [-0.05, 0) is 66.5 Å². The van der Waals surface area contributed by atoms with Gasteiger partial charge in [0.05, 0.1) is 17.0 Å². The second-order valence-corrected chi connectivity index (χ2v) is 10.8. The molecule has 2 bridgehead atoms. The number of carbonyl (C=O) groups excluding carboxylic acids is 2. The average molecular weight is 448 g/mol. The number of fused-ring (bicyclic) bond motifs is 1. The zero-order valence-corrected chi connectivity index (χ0v) is 18.0. The molecule has 1 heterocycles. The Hall–Kier alpha value is -1.70. The Kier molecular flexibility index (Phi) is 4.28. The molecule has 4 saturated carbocycles. The number of nitrogens with two attached hydrogens (primary N) is 1. The Morgan fingerprint density at radius 2 is 2.16 bits per heavy atom. The molecule has 1 saturated heterocycles. The molecular weight excluding hydrogens is 421 g/mol. The number of primary amides is 1. The van der Waals surface area contributed by atoms with E-state index in [1.54, 1.807) is 12.1 Å². The van der Waals surface area contributed by atoms with Gasteiger partial charge in [0.25, 0.3) is 5.91 Å². The molecule has 8 heteroatoms. The third-order valence-electron chi connectivity index (χ3n) is 9.10. The second kappa shape index (κ2) is 6.65. The maximum Gasteiger partial charge on any atom is 0.250 e. The number of carbonyl (C=O) groups is 2. The van der Waals surface area contributed by atoms with Gasteiger partial charge in [0.2, 0.25) is 5.91 Å². The molecule has 0 radical (unpaired) electrons. The Morgan fingerprint density at radius 1 is 1.32 bits per heavy atom. The number of morpholine rings is 1. The summed E-state index contributed by atoms with van der Waals surface area (Å²) in [6.07, 6.45) is 3.27. The summed E-state index contributed by atoms with van der Waals surface area (Å²) in [5, 5.41) is 3.38. The first-order valence-corrected chi connectivity index (χ1v) is 11.6. The van der Waals surface area contributed by atoms with Crippen molar-refractivity contribution in [1.29, 1.82) is 0 Å². The summed E-state index contributed by atoms with van der Waals surface area (Å²) in [6, 6.07) is 4.86. The van der Waals surface area contributed by atoms with Gasteiger partial charge < -0.3 is 15.8 Å². The largest absolute Gasteiger partial charge is 0.369 e. The van der Waals surface area contributed by atoms with Crippen LogP contribution in [0.5, 0.6) is 0 Å². The first-order valence-electron chi connectivity index (χ1n) is 11.2. The number of hydrogen-bond donors (Lipinski definition) is 2.